The Labute approximate surface area is 238 Å². The number of pyridine rings is 1. The molecule has 1 aliphatic carbocycles. The van der Waals surface area contributed by atoms with Crippen LogP contribution in [0.2, 0.25) is 0 Å². The van der Waals surface area contributed by atoms with Crippen LogP contribution in [0.1, 0.15) is 68.4 Å². The number of ether oxygens (including phenoxy) is 1. The Morgan fingerprint density at radius 3 is 2.41 bits per heavy atom. The van der Waals surface area contributed by atoms with E-state index >= 15 is 0 Å². The van der Waals surface area contributed by atoms with Gasteiger partial charge in [0.15, 0.2) is 0 Å². The van der Waals surface area contributed by atoms with Crippen molar-refractivity contribution in [2.75, 3.05) is 6.61 Å². The minimum absolute atomic E-state index is 0.0152. The Hall–Kier alpha value is -2.82. The number of rotatable bonds is 13. The second-order valence-electron chi connectivity index (χ2n) is 10.3. The summed E-state index contributed by atoms with van der Waals surface area (Å²) in [5.74, 6) is -1.45. The van der Waals surface area contributed by atoms with Gasteiger partial charge in [-0.1, -0.05) is 67.2 Å². The van der Waals surface area contributed by atoms with Gasteiger partial charge in [0, 0.05) is 16.7 Å². The monoisotopic (exact) mass is 602 g/mol. The highest BCUT2D eigenvalue weighted by Crippen LogP contribution is 2.18. The summed E-state index contributed by atoms with van der Waals surface area (Å²) in [5.41, 5.74) is 1.13. The minimum atomic E-state index is -1.18. The highest BCUT2D eigenvalue weighted by atomic mass is 79.9. The zero-order valence-corrected chi connectivity index (χ0v) is 24.2. The summed E-state index contributed by atoms with van der Waals surface area (Å²) in [6, 6.07) is 11.0. The van der Waals surface area contributed by atoms with Crippen LogP contribution in [0.3, 0.4) is 0 Å². The van der Waals surface area contributed by atoms with Gasteiger partial charge in [-0.05, 0) is 48.6 Å². The Morgan fingerprint density at radius 2 is 1.77 bits per heavy atom. The quantitative estimate of drug-likeness (QED) is 0.278. The first-order chi connectivity index (χ1) is 18.7. The fraction of sp³-hybridized carbons (Fsp3) is 0.517. The number of carbonyl (C=O) groups is 3. The van der Waals surface area contributed by atoms with Crippen LogP contribution in [0.15, 0.2) is 53.1 Å². The van der Waals surface area contributed by atoms with Crippen molar-refractivity contribution in [2.24, 2.45) is 5.92 Å². The number of aliphatic hydroxyl groups is 1. The average Bonchev–Trinajstić information content (AvgIpc) is 2.92. The van der Waals surface area contributed by atoms with Gasteiger partial charge in [-0.2, -0.15) is 0 Å². The molecule has 1 heterocycles. The molecule has 0 radical (unpaired) electrons. The van der Waals surface area contributed by atoms with E-state index in [1.807, 2.05) is 38.1 Å². The molecule has 0 aliphatic heterocycles. The smallest absolute Gasteiger partial charge is 0.270 e. The molecule has 39 heavy (non-hydrogen) atoms. The first-order valence-corrected chi connectivity index (χ1v) is 14.3. The molecule has 1 aromatic carbocycles. The number of hydrogen-bond acceptors (Lipinski definition) is 6. The van der Waals surface area contributed by atoms with Crippen molar-refractivity contribution in [1.82, 2.24) is 20.9 Å². The number of carbonyl (C=O) groups excluding carboxylic acids is 3. The van der Waals surface area contributed by atoms with Crippen molar-refractivity contribution in [1.29, 1.82) is 0 Å². The first-order valence-electron chi connectivity index (χ1n) is 13.5. The van der Waals surface area contributed by atoms with Crippen molar-refractivity contribution < 1.29 is 24.2 Å². The van der Waals surface area contributed by atoms with E-state index < -0.39 is 30.0 Å². The molecule has 1 fully saturated rings. The maximum Gasteiger partial charge on any atom is 0.270 e. The predicted octanol–water partition coefficient (Wildman–Crippen LogP) is 3.50. The largest absolute Gasteiger partial charge is 0.390 e. The van der Waals surface area contributed by atoms with Gasteiger partial charge < -0.3 is 25.8 Å². The number of aliphatic hydroxyl groups excluding tert-OH is 1. The molecule has 0 spiro atoms. The van der Waals surface area contributed by atoms with E-state index in [-0.39, 0.29) is 43.2 Å². The van der Waals surface area contributed by atoms with Gasteiger partial charge in [-0.3, -0.25) is 19.4 Å². The lowest BCUT2D eigenvalue weighted by Gasteiger charge is -2.29. The molecule has 3 atom stereocenters. The number of halogens is 1. The molecular weight excluding hydrogens is 564 g/mol. The highest BCUT2D eigenvalue weighted by molar-refractivity contribution is 9.10. The van der Waals surface area contributed by atoms with Crippen LogP contribution in [0.4, 0.5) is 0 Å². The van der Waals surface area contributed by atoms with Crippen LogP contribution in [-0.4, -0.2) is 58.6 Å². The molecule has 1 saturated carbocycles. The van der Waals surface area contributed by atoms with Gasteiger partial charge in [-0.25, -0.2) is 0 Å². The number of amides is 3. The molecule has 9 nitrogen and oxygen atoms in total. The Morgan fingerprint density at radius 1 is 1.05 bits per heavy atom. The Bertz CT molecular complexity index is 1060. The van der Waals surface area contributed by atoms with E-state index in [1.165, 1.54) is 12.6 Å². The summed E-state index contributed by atoms with van der Waals surface area (Å²) in [5, 5.41) is 19.6. The fourth-order valence-electron chi connectivity index (χ4n) is 4.52. The van der Waals surface area contributed by atoms with Gasteiger partial charge in [0.2, 0.25) is 11.8 Å². The van der Waals surface area contributed by atoms with Gasteiger partial charge in [-0.15, -0.1) is 0 Å². The number of benzene rings is 1. The second kappa shape index (κ2) is 15.7. The fourth-order valence-corrected chi connectivity index (χ4v) is 4.78. The van der Waals surface area contributed by atoms with Crippen molar-refractivity contribution in [3.63, 3.8) is 0 Å². The van der Waals surface area contributed by atoms with Gasteiger partial charge in [0.1, 0.15) is 11.7 Å². The lowest BCUT2D eigenvalue weighted by Crippen LogP contribution is -2.56. The number of nitrogens with one attached hydrogen (secondary N) is 3. The van der Waals surface area contributed by atoms with Crippen LogP contribution >= 0.6 is 15.9 Å². The van der Waals surface area contributed by atoms with Gasteiger partial charge >= 0.3 is 0 Å². The van der Waals surface area contributed by atoms with Crippen LogP contribution in [0, 0.1) is 5.92 Å². The van der Waals surface area contributed by atoms with Crippen molar-refractivity contribution in [2.45, 2.75) is 83.2 Å². The van der Waals surface area contributed by atoms with E-state index in [0.29, 0.717) is 0 Å². The SMILES string of the molecule is CC(C)[C@H](NC(=O)c1ccccn1)C(=O)N[C@@H](COCc1ccc(Br)cc1)[C@@H](O)CC(=O)NC1CCCCC1. The third kappa shape index (κ3) is 10.3. The summed E-state index contributed by atoms with van der Waals surface area (Å²) in [6.07, 6.45) is 5.36. The molecule has 212 valence electrons. The van der Waals surface area contributed by atoms with E-state index in [2.05, 4.69) is 36.9 Å². The van der Waals surface area contributed by atoms with Crippen molar-refractivity contribution in [3.05, 3.63) is 64.4 Å². The molecule has 3 amide bonds. The molecule has 4 N–H and O–H groups in total. The molecule has 1 aliphatic rings. The zero-order valence-electron chi connectivity index (χ0n) is 22.6. The van der Waals surface area contributed by atoms with Crippen LogP contribution in [0.5, 0.6) is 0 Å². The standard InChI is InChI=1S/C29H39BrN4O5/c1-19(2)27(34-28(37)23-10-6-7-15-31-23)29(38)33-24(18-39-17-20-11-13-21(30)14-12-20)25(35)16-26(36)32-22-8-4-3-5-9-22/h6-7,10-15,19,22,24-25,27,35H,3-5,8-9,16-18H2,1-2H3,(H,32,36)(H,33,38)(H,34,37)/t24-,25-,27-/m0/s1. The van der Waals surface area contributed by atoms with E-state index in [0.717, 1.165) is 35.7 Å². The zero-order chi connectivity index (χ0) is 28.2. The lowest BCUT2D eigenvalue weighted by atomic mass is 9.95. The molecular formula is C29H39BrN4O5. The minimum Gasteiger partial charge on any atom is -0.390 e. The third-order valence-corrected chi connectivity index (χ3v) is 7.30. The summed E-state index contributed by atoms with van der Waals surface area (Å²) in [7, 11) is 0. The summed E-state index contributed by atoms with van der Waals surface area (Å²) in [4.78, 5) is 42.7. The van der Waals surface area contributed by atoms with Crippen LogP contribution in [-0.2, 0) is 20.9 Å². The van der Waals surface area contributed by atoms with Crippen molar-refractivity contribution >= 4 is 33.7 Å². The topological polar surface area (TPSA) is 130 Å². The molecule has 2 aromatic rings. The van der Waals surface area contributed by atoms with Crippen molar-refractivity contribution in [3.8, 4) is 0 Å². The predicted molar refractivity (Wildman–Crippen MR) is 152 cm³/mol. The van der Waals surface area contributed by atoms with E-state index in [4.69, 9.17) is 4.74 Å². The average molecular weight is 604 g/mol. The Kier molecular flexibility index (Phi) is 12.4. The molecule has 1 aromatic heterocycles. The summed E-state index contributed by atoms with van der Waals surface area (Å²) in [6.45, 7) is 3.88. The number of nitrogens with zero attached hydrogens (tertiary/aromatic N) is 1. The molecule has 3 rings (SSSR count). The summed E-state index contributed by atoms with van der Waals surface area (Å²) < 4.78 is 6.79. The maximum atomic E-state index is 13.3. The van der Waals surface area contributed by atoms with Crippen LogP contribution in [0.25, 0.3) is 0 Å². The number of hydrogen-bond donors (Lipinski definition) is 4. The molecule has 0 bridgehead atoms. The first kappa shape index (κ1) is 30.7. The molecule has 10 heteroatoms. The summed E-state index contributed by atoms with van der Waals surface area (Å²) >= 11 is 3.41. The molecule has 0 saturated heterocycles. The number of aromatic nitrogens is 1. The third-order valence-electron chi connectivity index (χ3n) is 6.77. The lowest BCUT2D eigenvalue weighted by molar-refractivity contribution is -0.129. The highest BCUT2D eigenvalue weighted by Gasteiger charge is 2.31. The molecule has 0 unspecified atom stereocenters. The van der Waals surface area contributed by atoms with E-state index in [1.54, 1.807) is 18.2 Å². The van der Waals surface area contributed by atoms with Gasteiger partial charge in [0.25, 0.3) is 5.91 Å². The maximum absolute atomic E-state index is 13.3. The Balaban J connectivity index is 1.65. The van der Waals surface area contributed by atoms with Crippen LogP contribution < -0.4 is 16.0 Å². The normalized spacial score (nSPS) is 16.2. The van der Waals surface area contributed by atoms with Gasteiger partial charge in [0.05, 0.1) is 31.8 Å². The van der Waals surface area contributed by atoms with E-state index in [9.17, 15) is 19.5 Å². The second-order valence-corrected chi connectivity index (χ2v) is 11.3.